The Hall–Kier alpha value is -1.34. The molecule has 0 saturated heterocycles. The first-order valence-corrected chi connectivity index (χ1v) is 5.42. The van der Waals surface area contributed by atoms with E-state index in [1.807, 2.05) is 6.07 Å². The highest BCUT2D eigenvalue weighted by atomic mass is 14.8. The number of benzene rings is 1. The maximum Gasteiger partial charge on any atom is 0.0164 e. The molecule has 0 heterocycles. The summed E-state index contributed by atoms with van der Waals surface area (Å²) in [4.78, 5) is 0. The fraction of sp³-hybridized carbons (Fsp3) is 0.286. The first kappa shape index (κ1) is 11.7. The van der Waals surface area contributed by atoms with Gasteiger partial charge in [0.1, 0.15) is 0 Å². The van der Waals surface area contributed by atoms with Crippen LogP contribution in [0.15, 0.2) is 48.1 Å². The third kappa shape index (κ3) is 5.18. The second kappa shape index (κ2) is 7.02. The van der Waals surface area contributed by atoms with Crippen LogP contribution in [0.4, 0.5) is 0 Å². The summed E-state index contributed by atoms with van der Waals surface area (Å²) in [5, 5.41) is 3.29. The summed E-state index contributed by atoms with van der Waals surface area (Å²) in [6.45, 7) is 6.24. The summed E-state index contributed by atoms with van der Waals surface area (Å²) < 4.78 is 0. The van der Waals surface area contributed by atoms with Gasteiger partial charge in [0.05, 0.1) is 0 Å². The lowest BCUT2D eigenvalue weighted by Crippen LogP contribution is -2.14. The predicted molar refractivity (Wildman–Crippen MR) is 67.8 cm³/mol. The maximum atomic E-state index is 3.29. The quantitative estimate of drug-likeness (QED) is 0.721. The van der Waals surface area contributed by atoms with Gasteiger partial charge in [0.2, 0.25) is 0 Å². The highest BCUT2D eigenvalue weighted by Crippen LogP contribution is 2.01. The number of hydrogen-bond donors (Lipinski definition) is 1. The largest absolute Gasteiger partial charge is 0.313 e. The van der Waals surface area contributed by atoms with Gasteiger partial charge in [-0.2, -0.15) is 0 Å². The molecule has 0 aliphatic rings. The fourth-order valence-electron chi connectivity index (χ4n) is 1.27. The van der Waals surface area contributed by atoms with Gasteiger partial charge in [-0.05, 0) is 19.0 Å². The molecule has 0 spiro atoms. The Morgan fingerprint density at radius 2 is 2.00 bits per heavy atom. The van der Waals surface area contributed by atoms with Gasteiger partial charge in [-0.1, -0.05) is 61.1 Å². The topological polar surface area (TPSA) is 12.0 Å². The first-order chi connectivity index (χ1) is 7.33. The standard InChI is InChI=1S/C14H19N/c1-3-15-12-13(2)8-7-11-14-9-5-4-6-10-14/h4-11,15H,3,12H2,1-2H3. The average molecular weight is 201 g/mol. The minimum absolute atomic E-state index is 0.968. The summed E-state index contributed by atoms with van der Waals surface area (Å²) in [5.74, 6) is 0. The van der Waals surface area contributed by atoms with E-state index in [0.717, 1.165) is 13.1 Å². The first-order valence-electron chi connectivity index (χ1n) is 5.42. The van der Waals surface area contributed by atoms with Crippen LogP contribution >= 0.6 is 0 Å². The van der Waals surface area contributed by atoms with Gasteiger partial charge >= 0.3 is 0 Å². The van der Waals surface area contributed by atoms with E-state index in [1.165, 1.54) is 11.1 Å². The SMILES string of the molecule is CCNCC(C)=CC=Cc1ccccc1. The monoisotopic (exact) mass is 201 g/mol. The van der Waals surface area contributed by atoms with Crippen LogP contribution in [0.2, 0.25) is 0 Å². The van der Waals surface area contributed by atoms with Crippen molar-refractivity contribution in [3.05, 3.63) is 53.6 Å². The van der Waals surface area contributed by atoms with Crippen LogP contribution < -0.4 is 5.32 Å². The van der Waals surface area contributed by atoms with Crippen molar-refractivity contribution in [2.24, 2.45) is 0 Å². The minimum Gasteiger partial charge on any atom is -0.313 e. The number of hydrogen-bond acceptors (Lipinski definition) is 1. The summed E-state index contributed by atoms with van der Waals surface area (Å²) >= 11 is 0. The molecular weight excluding hydrogens is 182 g/mol. The van der Waals surface area contributed by atoms with E-state index in [-0.39, 0.29) is 0 Å². The molecule has 0 aliphatic carbocycles. The molecule has 0 aromatic heterocycles. The third-order valence-electron chi connectivity index (χ3n) is 2.12. The second-order valence-electron chi connectivity index (χ2n) is 3.56. The van der Waals surface area contributed by atoms with E-state index in [9.17, 15) is 0 Å². The Kier molecular flexibility index (Phi) is 5.49. The van der Waals surface area contributed by atoms with Crippen molar-refractivity contribution in [2.45, 2.75) is 13.8 Å². The lowest BCUT2D eigenvalue weighted by molar-refractivity contribution is 0.776. The minimum atomic E-state index is 0.968. The molecule has 0 bridgehead atoms. The van der Waals surface area contributed by atoms with Crippen LogP contribution in [0.5, 0.6) is 0 Å². The second-order valence-corrected chi connectivity index (χ2v) is 3.56. The average Bonchev–Trinajstić information content (AvgIpc) is 2.28. The molecule has 0 saturated carbocycles. The smallest absolute Gasteiger partial charge is 0.0164 e. The van der Waals surface area contributed by atoms with Crippen LogP contribution in [0.1, 0.15) is 19.4 Å². The van der Waals surface area contributed by atoms with Gasteiger partial charge in [0.15, 0.2) is 0 Å². The predicted octanol–water partition coefficient (Wildman–Crippen LogP) is 3.26. The lowest BCUT2D eigenvalue weighted by Gasteiger charge is -1.99. The Bertz CT molecular complexity index is 322. The zero-order valence-corrected chi connectivity index (χ0v) is 9.53. The van der Waals surface area contributed by atoms with Gasteiger partial charge < -0.3 is 5.32 Å². The number of allylic oxidation sites excluding steroid dienone is 2. The van der Waals surface area contributed by atoms with Crippen molar-refractivity contribution >= 4 is 6.08 Å². The maximum absolute atomic E-state index is 3.29. The van der Waals surface area contributed by atoms with E-state index < -0.39 is 0 Å². The summed E-state index contributed by atoms with van der Waals surface area (Å²) in [7, 11) is 0. The molecule has 1 aromatic carbocycles. The lowest BCUT2D eigenvalue weighted by atomic mass is 10.2. The Morgan fingerprint density at radius 1 is 1.27 bits per heavy atom. The molecule has 1 aromatic rings. The van der Waals surface area contributed by atoms with Crippen molar-refractivity contribution < 1.29 is 0 Å². The normalized spacial score (nSPS) is 12.3. The molecule has 1 nitrogen and oxygen atoms in total. The highest BCUT2D eigenvalue weighted by molar-refractivity contribution is 5.50. The molecule has 0 fully saturated rings. The number of nitrogens with one attached hydrogen (secondary N) is 1. The molecule has 1 N–H and O–H groups in total. The highest BCUT2D eigenvalue weighted by Gasteiger charge is 1.85. The molecule has 0 aliphatic heterocycles. The van der Waals surface area contributed by atoms with E-state index in [2.05, 4.69) is 61.7 Å². The van der Waals surface area contributed by atoms with Crippen molar-refractivity contribution in [1.29, 1.82) is 0 Å². The zero-order valence-electron chi connectivity index (χ0n) is 9.53. The molecule has 0 atom stereocenters. The van der Waals surface area contributed by atoms with Crippen molar-refractivity contribution in [3.63, 3.8) is 0 Å². The van der Waals surface area contributed by atoms with Crippen LogP contribution in [0.25, 0.3) is 6.08 Å². The van der Waals surface area contributed by atoms with Gasteiger partial charge in [-0.3, -0.25) is 0 Å². The summed E-state index contributed by atoms with van der Waals surface area (Å²) in [6, 6.07) is 10.3. The molecular formula is C14H19N. The van der Waals surface area contributed by atoms with Gasteiger partial charge in [0, 0.05) is 6.54 Å². The van der Waals surface area contributed by atoms with Crippen LogP contribution in [-0.2, 0) is 0 Å². The molecule has 1 rings (SSSR count). The summed E-state index contributed by atoms with van der Waals surface area (Å²) in [5.41, 5.74) is 2.59. The number of likely N-dealkylation sites (N-methyl/N-ethyl adjacent to an activating group) is 1. The van der Waals surface area contributed by atoms with Crippen LogP contribution in [0, 0.1) is 0 Å². The Balaban J connectivity index is 2.45. The van der Waals surface area contributed by atoms with Gasteiger partial charge in [-0.15, -0.1) is 0 Å². The van der Waals surface area contributed by atoms with E-state index in [4.69, 9.17) is 0 Å². The number of rotatable bonds is 5. The molecule has 1 heteroatoms. The van der Waals surface area contributed by atoms with Crippen LogP contribution in [-0.4, -0.2) is 13.1 Å². The van der Waals surface area contributed by atoms with E-state index in [1.54, 1.807) is 0 Å². The third-order valence-corrected chi connectivity index (χ3v) is 2.12. The molecule has 80 valence electrons. The fourth-order valence-corrected chi connectivity index (χ4v) is 1.27. The summed E-state index contributed by atoms with van der Waals surface area (Å²) in [6.07, 6.45) is 6.37. The zero-order chi connectivity index (χ0) is 10.9. The van der Waals surface area contributed by atoms with E-state index in [0.29, 0.717) is 0 Å². The Labute approximate surface area is 92.5 Å². The van der Waals surface area contributed by atoms with Crippen molar-refractivity contribution in [1.82, 2.24) is 5.32 Å². The van der Waals surface area contributed by atoms with Crippen LogP contribution in [0.3, 0.4) is 0 Å². The molecule has 0 unspecified atom stereocenters. The molecule has 0 amide bonds. The van der Waals surface area contributed by atoms with Gasteiger partial charge in [0.25, 0.3) is 0 Å². The van der Waals surface area contributed by atoms with E-state index >= 15 is 0 Å². The van der Waals surface area contributed by atoms with Crippen molar-refractivity contribution in [3.8, 4) is 0 Å². The Morgan fingerprint density at radius 3 is 2.67 bits per heavy atom. The van der Waals surface area contributed by atoms with Gasteiger partial charge in [-0.25, -0.2) is 0 Å². The van der Waals surface area contributed by atoms with Crippen molar-refractivity contribution in [2.75, 3.05) is 13.1 Å². The molecule has 0 radical (unpaired) electrons. The molecule has 15 heavy (non-hydrogen) atoms.